The van der Waals surface area contributed by atoms with Gasteiger partial charge in [0.2, 0.25) is 5.91 Å². The van der Waals surface area contributed by atoms with E-state index in [2.05, 4.69) is 5.32 Å². The number of benzene rings is 1. The number of carbonyl (C=O) groups excluding carboxylic acids is 2. The molecule has 1 aliphatic rings. The topological polar surface area (TPSA) is 78.9 Å². The van der Waals surface area contributed by atoms with Crippen LogP contribution in [0.5, 0.6) is 0 Å². The van der Waals surface area contributed by atoms with Crippen LogP contribution < -0.4 is 5.32 Å². The lowest BCUT2D eigenvalue weighted by Gasteiger charge is -2.25. The van der Waals surface area contributed by atoms with Crippen molar-refractivity contribution in [2.24, 2.45) is 0 Å². The molecule has 0 unspecified atom stereocenters. The maximum atomic E-state index is 12.3. The summed E-state index contributed by atoms with van der Waals surface area (Å²) in [4.78, 5) is 26.0. The molecule has 0 radical (unpaired) electrons. The average Bonchev–Trinajstić information content (AvgIpc) is 3.08. The standard InChI is InChI=1S/C17H24N2O4/c1-2-14(11-20)18-16(21)15-9-6-10-19(15)17(22)23-12-13-7-4-3-5-8-13/h3-5,7-8,14-15,20H,2,6,9-12H2,1H3,(H,18,21)/t14-,15-/m0/s1. The number of hydrogen-bond donors (Lipinski definition) is 2. The van der Waals surface area contributed by atoms with Gasteiger partial charge in [-0.05, 0) is 24.8 Å². The number of aliphatic hydroxyl groups excluding tert-OH is 1. The molecule has 0 aliphatic carbocycles. The summed E-state index contributed by atoms with van der Waals surface area (Å²) in [5.41, 5.74) is 0.910. The molecule has 2 amide bonds. The van der Waals surface area contributed by atoms with Crippen LogP contribution in [0.2, 0.25) is 0 Å². The summed E-state index contributed by atoms with van der Waals surface area (Å²) in [5.74, 6) is -0.222. The third kappa shape index (κ3) is 4.69. The van der Waals surface area contributed by atoms with Crippen LogP contribution in [0.25, 0.3) is 0 Å². The van der Waals surface area contributed by atoms with Gasteiger partial charge >= 0.3 is 6.09 Å². The first-order valence-corrected chi connectivity index (χ1v) is 8.04. The largest absolute Gasteiger partial charge is 0.445 e. The first-order chi connectivity index (χ1) is 11.2. The second-order valence-electron chi connectivity index (χ2n) is 5.69. The lowest BCUT2D eigenvalue weighted by Crippen LogP contribution is -2.49. The molecule has 2 rings (SSSR count). The van der Waals surface area contributed by atoms with Crippen molar-refractivity contribution in [1.29, 1.82) is 0 Å². The van der Waals surface area contributed by atoms with Crippen molar-refractivity contribution in [1.82, 2.24) is 10.2 Å². The van der Waals surface area contributed by atoms with Gasteiger partial charge in [0.1, 0.15) is 12.6 Å². The Balaban J connectivity index is 1.89. The van der Waals surface area contributed by atoms with Crippen LogP contribution in [0.15, 0.2) is 30.3 Å². The summed E-state index contributed by atoms with van der Waals surface area (Å²) in [6.07, 6.45) is 1.57. The minimum Gasteiger partial charge on any atom is -0.445 e. The van der Waals surface area contributed by atoms with Gasteiger partial charge in [-0.1, -0.05) is 37.3 Å². The summed E-state index contributed by atoms with van der Waals surface area (Å²) in [5, 5.41) is 12.0. The lowest BCUT2D eigenvalue weighted by atomic mass is 10.1. The molecule has 2 atom stereocenters. The molecule has 23 heavy (non-hydrogen) atoms. The summed E-state index contributed by atoms with van der Waals surface area (Å²) in [6.45, 7) is 2.50. The zero-order valence-corrected chi connectivity index (χ0v) is 13.4. The fraction of sp³-hybridized carbons (Fsp3) is 0.529. The SMILES string of the molecule is CC[C@@H](CO)NC(=O)[C@@H]1CCCN1C(=O)OCc1ccccc1. The zero-order chi connectivity index (χ0) is 16.7. The Hall–Kier alpha value is -2.08. The first kappa shape index (κ1) is 17.3. The van der Waals surface area contributed by atoms with E-state index in [0.29, 0.717) is 19.4 Å². The van der Waals surface area contributed by atoms with Crippen molar-refractivity contribution in [3.63, 3.8) is 0 Å². The van der Waals surface area contributed by atoms with Crippen molar-refractivity contribution >= 4 is 12.0 Å². The first-order valence-electron chi connectivity index (χ1n) is 8.04. The normalized spacial score (nSPS) is 18.5. The van der Waals surface area contributed by atoms with Crippen LogP contribution in [0.1, 0.15) is 31.7 Å². The van der Waals surface area contributed by atoms with Crippen molar-refractivity contribution in [2.75, 3.05) is 13.2 Å². The second kappa shape index (κ2) is 8.53. The number of aliphatic hydroxyl groups is 1. The zero-order valence-electron chi connectivity index (χ0n) is 13.4. The van der Waals surface area contributed by atoms with Crippen LogP contribution in [0, 0.1) is 0 Å². The van der Waals surface area contributed by atoms with Crippen LogP contribution in [-0.2, 0) is 16.1 Å². The molecule has 0 saturated carbocycles. The molecule has 2 N–H and O–H groups in total. The van der Waals surface area contributed by atoms with E-state index in [9.17, 15) is 14.7 Å². The van der Waals surface area contributed by atoms with E-state index in [-0.39, 0.29) is 25.2 Å². The van der Waals surface area contributed by atoms with E-state index in [1.807, 2.05) is 37.3 Å². The smallest absolute Gasteiger partial charge is 0.410 e. The summed E-state index contributed by atoms with van der Waals surface area (Å²) >= 11 is 0. The molecule has 0 spiro atoms. The molecule has 1 aromatic carbocycles. The van der Waals surface area contributed by atoms with E-state index in [4.69, 9.17) is 4.74 Å². The van der Waals surface area contributed by atoms with Crippen LogP contribution >= 0.6 is 0 Å². The predicted molar refractivity (Wildman–Crippen MR) is 85.7 cm³/mol. The van der Waals surface area contributed by atoms with Crippen molar-refractivity contribution < 1.29 is 19.4 Å². The molecular formula is C17H24N2O4. The Morgan fingerprint density at radius 1 is 1.39 bits per heavy atom. The molecule has 1 heterocycles. The molecule has 126 valence electrons. The minimum absolute atomic E-state index is 0.104. The molecule has 6 nitrogen and oxygen atoms in total. The van der Waals surface area contributed by atoms with Gasteiger partial charge in [-0.15, -0.1) is 0 Å². The number of nitrogens with one attached hydrogen (secondary N) is 1. The highest BCUT2D eigenvalue weighted by Crippen LogP contribution is 2.19. The number of likely N-dealkylation sites (tertiary alicyclic amines) is 1. The third-order valence-corrected chi connectivity index (χ3v) is 4.05. The van der Waals surface area contributed by atoms with Gasteiger partial charge in [-0.3, -0.25) is 9.69 Å². The summed E-state index contributed by atoms with van der Waals surface area (Å²) in [7, 11) is 0. The monoisotopic (exact) mass is 320 g/mol. The fourth-order valence-corrected chi connectivity index (χ4v) is 2.63. The molecule has 1 saturated heterocycles. The maximum Gasteiger partial charge on any atom is 0.410 e. The lowest BCUT2D eigenvalue weighted by molar-refractivity contribution is -0.126. The van der Waals surface area contributed by atoms with Gasteiger partial charge in [0.15, 0.2) is 0 Å². The van der Waals surface area contributed by atoms with E-state index in [1.54, 1.807) is 0 Å². The van der Waals surface area contributed by atoms with Crippen molar-refractivity contribution in [3.8, 4) is 0 Å². The van der Waals surface area contributed by atoms with Gasteiger partial charge in [0.25, 0.3) is 0 Å². The van der Waals surface area contributed by atoms with E-state index in [0.717, 1.165) is 12.0 Å². The van der Waals surface area contributed by atoms with Crippen LogP contribution in [0.4, 0.5) is 4.79 Å². The van der Waals surface area contributed by atoms with Crippen molar-refractivity contribution in [3.05, 3.63) is 35.9 Å². The quantitative estimate of drug-likeness (QED) is 0.836. The molecule has 1 fully saturated rings. The molecule has 1 aliphatic heterocycles. The molecule has 1 aromatic rings. The number of hydrogen-bond acceptors (Lipinski definition) is 4. The third-order valence-electron chi connectivity index (χ3n) is 4.05. The molecule has 0 bridgehead atoms. The van der Waals surface area contributed by atoms with Crippen LogP contribution in [0.3, 0.4) is 0 Å². The number of nitrogens with zero attached hydrogens (tertiary/aromatic N) is 1. The Morgan fingerprint density at radius 2 is 2.13 bits per heavy atom. The minimum atomic E-state index is -0.515. The van der Waals surface area contributed by atoms with Gasteiger partial charge in [0, 0.05) is 6.54 Å². The highest BCUT2D eigenvalue weighted by atomic mass is 16.6. The number of rotatable bonds is 6. The van der Waals surface area contributed by atoms with Gasteiger partial charge in [0.05, 0.1) is 12.6 Å². The Kier molecular flexibility index (Phi) is 6.40. The van der Waals surface area contributed by atoms with E-state index >= 15 is 0 Å². The fourth-order valence-electron chi connectivity index (χ4n) is 2.63. The average molecular weight is 320 g/mol. The summed E-state index contributed by atoms with van der Waals surface area (Å²) in [6, 6.07) is 8.65. The molecular weight excluding hydrogens is 296 g/mol. The predicted octanol–water partition coefficient (Wildman–Crippen LogP) is 1.67. The molecule has 0 aromatic heterocycles. The Labute approximate surface area is 136 Å². The number of ether oxygens (including phenoxy) is 1. The van der Waals surface area contributed by atoms with E-state index < -0.39 is 12.1 Å². The number of carbonyl (C=O) groups is 2. The van der Waals surface area contributed by atoms with Gasteiger partial charge < -0.3 is 15.2 Å². The van der Waals surface area contributed by atoms with Crippen molar-refractivity contribution in [2.45, 2.75) is 44.9 Å². The molecule has 6 heteroatoms. The maximum absolute atomic E-state index is 12.3. The Morgan fingerprint density at radius 3 is 2.78 bits per heavy atom. The summed E-state index contributed by atoms with van der Waals surface area (Å²) < 4.78 is 5.31. The second-order valence-corrected chi connectivity index (χ2v) is 5.69. The highest BCUT2D eigenvalue weighted by Gasteiger charge is 2.35. The Bertz CT molecular complexity index is 517. The number of amides is 2. The highest BCUT2D eigenvalue weighted by molar-refractivity contribution is 5.86. The van der Waals surface area contributed by atoms with Gasteiger partial charge in [-0.2, -0.15) is 0 Å². The van der Waals surface area contributed by atoms with Gasteiger partial charge in [-0.25, -0.2) is 4.79 Å². The van der Waals surface area contributed by atoms with Crippen LogP contribution in [-0.4, -0.2) is 47.2 Å². The van der Waals surface area contributed by atoms with E-state index in [1.165, 1.54) is 4.90 Å².